The van der Waals surface area contributed by atoms with Crippen molar-refractivity contribution in [1.82, 2.24) is 9.80 Å². The predicted molar refractivity (Wildman–Crippen MR) is 118 cm³/mol. The van der Waals surface area contributed by atoms with E-state index in [-0.39, 0.29) is 28.6 Å². The van der Waals surface area contributed by atoms with Crippen LogP contribution < -0.4 is 0 Å². The molecule has 8 heteroatoms. The van der Waals surface area contributed by atoms with E-state index in [1.807, 2.05) is 31.2 Å². The first-order chi connectivity index (χ1) is 14.5. The zero-order valence-electron chi connectivity index (χ0n) is 17.2. The topological polar surface area (TPSA) is 23.6 Å². The minimum absolute atomic E-state index is 0.0309. The molecule has 1 heterocycles. The summed E-state index contributed by atoms with van der Waals surface area (Å²) in [5.74, 6) is -0.228. The highest BCUT2D eigenvalue weighted by Crippen LogP contribution is 2.35. The van der Waals surface area contributed by atoms with Gasteiger partial charge in [0.05, 0.1) is 10.6 Å². The molecule has 0 aliphatic carbocycles. The first kappa shape index (κ1) is 23.6. The van der Waals surface area contributed by atoms with Crippen molar-refractivity contribution in [3.05, 3.63) is 75.3 Å². The number of carbonyl (C=O) groups excluding carboxylic acids is 1. The predicted octanol–water partition coefficient (Wildman–Crippen LogP) is 6.15. The SMILES string of the molecule is C[C@@H]1CN(Cc2ccc(Cl)cc2)[C@@H](C)CN1C(=O)C=Cc1ccc(Cl)c(C(F)(F)F)c1. The van der Waals surface area contributed by atoms with Crippen molar-refractivity contribution in [3.8, 4) is 0 Å². The number of carbonyl (C=O) groups is 1. The molecule has 1 aliphatic rings. The average Bonchev–Trinajstić information content (AvgIpc) is 2.70. The summed E-state index contributed by atoms with van der Waals surface area (Å²) in [7, 11) is 0. The van der Waals surface area contributed by atoms with Gasteiger partial charge in [0.15, 0.2) is 0 Å². The third kappa shape index (κ3) is 6.03. The zero-order valence-corrected chi connectivity index (χ0v) is 18.7. The Morgan fingerprint density at radius 2 is 1.74 bits per heavy atom. The van der Waals surface area contributed by atoms with Gasteiger partial charge >= 0.3 is 6.18 Å². The molecule has 3 nitrogen and oxygen atoms in total. The van der Waals surface area contributed by atoms with E-state index in [9.17, 15) is 18.0 Å². The fourth-order valence-corrected chi connectivity index (χ4v) is 4.03. The Morgan fingerprint density at radius 1 is 1.06 bits per heavy atom. The molecule has 0 N–H and O–H groups in total. The van der Waals surface area contributed by atoms with Gasteiger partial charge < -0.3 is 4.90 Å². The summed E-state index contributed by atoms with van der Waals surface area (Å²) in [4.78, 5) is 16.8. The van der Waals surface area contributed by atoms with Gasteiger partial charge in [0, 0.05) is 42.8 Å². The third-order valence-electron chi connectivity index (χ3n) is 5.41. The van der Waals surface area contributed by atoms with Crippen LogP contribution >= 0.6 is 23.2 Å². The minimum atomic E-state index is -4.55. The highest BCUT2D eigenvalue weighted by molar-refractivity contribution is 6.31. The van der Waals surface area contributed by atoms with Gasteiger partial charge in [0.2, 0.25) is 5.91 Å². The molecule has 31 heavy (non-hydrogen) atoms. The molecule has 0 spiro atoms. The molecule has 1 fully saturated rings. The Bertz CT molecular complexity index is 960. The molecule has 3 rings (SSSR count). The molecule has 2 aromatic carbocycles. The summed E-state index contributed by atoms with van der Waals surface area (Å²) in [6.45, 7) is 6.01. The van der Waals surface area contributed by atoms with Crippen molar-refractivity contribution >= 4 is 35.2 Å². The first-order valence-corrected chi connectivity index (χ1v) is 10.6. The van der Waals surface area contributed by atoms with Crippen LogP contribution in [0.15, 0.2) is 48.5 Å². The van der Waals surface area contributed by atoms with Crippen LogP contribution in [-0.2, 0) is 17.5 Å². The highest BCUT2D eigenvalue weighted by atomic mass is 35.5. The van der Waals surface area contributed by atoms with Gasteiger partial charge in [-0.2, -0.15) is 13.2 Å². The summed E-state index contributed by atoms with van der Waals surface area (Å²) in [6, 6.07) is 11.4. The monoisotopic (exact) mass is 470 g/mol. The number of halogens is 5. The normalized spacial score (nSPS) is 20.4. The van der Waals surface area contributed by atoms with Crippen molar-refractivity contribution in [2.45, 2.75) is 38.7 Å². The van der Waals surface area contributed by atoms with E-state index in [0.29, 0.717) is 18.1 Å². The van der Waals surface area contributed by atoms with Gasteiger partial charge in [-0.1, -0.05) is 41.4 Å². The molecule has 166 valence electrons. The lowest BCUT2D eigenvalue weighted by molar-refractivity contribution is -0.137. The van der Waals surface area contributed by atoms with Crippen molar-refractivity contribution < 1.29 is 18.0 Å². The Kier molecular flexibility index (Phi) is 7.35. The molecule has 0 unspecified atom stereocenters. The smallest absolute Gasteiger partial charge is 0.334 e. The van der Waals surface area contributed by atoms with Gasteiger partial charge in [-0.05, 0) is 55.3 Å². The Labute approximate surface area is 190 Å². The largest absolute Gasteiger partial charge is 0.417 e. The van der Waals surface area contributed by atoms with Crippen LogP contribution in [0.25, 0.3) is 6.08 Å². The van der Waals surface area contributed by atoms with Crippen LogP contribution in [0.5, 0.6) is 0 Å². The lowest BCUT2D eigenvalue weighted by atomic mass is 10.1. The van der Waals surface area contributed by atoms with E-state index in [4.69, 9.17) is 23.2 Å². The number of piperazine rings is 1. The fourth-order valence-electron chi connectivity index (χ4n) is 3.68. The Balaban J connectivity index is 1.66. The molecule has 0 saturated carbocycles. The Hall–Kier alpha value is -2.02. The van der Waals surface area contributed by atoms with Gasteiger partial charge in [-0.25, -0.2) is 0 Å². The number of hydrogen-bond donors (Lipinski definition) is 0. The van der Waals surface area contributed by atoms with E-state index in [1.54, 1.807) is 4.90 Å². The van der Waals surface area contributed by atoms with Crippen LogP contribution in [0.3, 0.4) is 0 Å². The average molecular weight is 471 g/mol. The number of amides is 1. The summed E-state index contributed by atoms with van der Waals surface area (Å²) in [6.07, 6.45) is -1.83. The van der Waals surface area contributed by atoms with Crippen molar-refractivity contribution in [2.75, 3.05) is 13.1 Å². The number of alkyl halides is 3. The van der Waals surface area contributed by atoms with Crippen molar-refractivity contribution in [1.29, 1.82) is 0 Å². The molecule has 0 aromatic heterocycles. The summed E-state index contributed by atoms with van der Waals surface area (Å²) < 4.78 is 39.1. The van der Waals surface area contributed by atoms with Crippen LogP contribution in [0, 0.1) is 0 Å². The van der Waals surface area contributed by atoms with E-state index >= 15 is 0 Å². The molecule has 0 bridgehead atoms. The van der Waals surface area contributed by atoms with Gasteiger partial charge in [0.25, 0.3) is 0 Å². The number of hydrogen-bond acceptors (Lipinski definition) is 2. The molecule has 1 amide bonds. The molecular formula is C23H23Cl2F3N2O. The maximum absolute atomic E-state index is 13.0. The second-order valence-corrected chi connectivity index (χ2v) is 8.66. The van der Waals surface area contributed by atoms with E-state index in [1.165, 1.54) is 24.3 Å². The van der Waals surface area contributed by atoms with Crippen LogP contribution in [-0.4, -0.2) is 40.9 Å². The molecule has 1 saturated heterocycles. The fraction of sp³-hybridized carbons (Fsp3) is 0.348. The maximum atomic E-state index is 13.0. The summed E-state index contributed by atoms with van der Waals surface area (Å²) in [5, 5.41) is 0.325. The van der Waals surface area contributed by atoms with Crippen LogP contribution in [0.1, 0.15) is 30.5 Å². The lowest BCUT2D eigenvalue weighted by Crippen LogP contribution is -2.57. The second kappa shape index (κ2) is 9.63. The van der Waals surface area contributed by atoms with Crippen LogP contribution in [0.4, 0.5) is 13.2 Å². The summed E-state index contributed by atoms with van der Waals surface area (Å²) in [5.41, 5.74) is 0.500. The number of benzene rings is 2. The molecule has 2 atom stereocenters. The number of rotatable bonds is 4. The van der Waals surface area contributed by atoms with Crippen molar-refractivity contribution in [3.63, 3.8) is 0 Å². The molecule has 1 aliphatic heterocycles. The first-order valence-electron chi connectivity index (χ1n) is 9.88. The maximum Gasteiger partial charge on any atom is 0.417 e. The van der Waals surface area contributed by atoms with Crippen molar-refractivity contribution in [2.24, 2.45) is 0 Å². The number of nitrogens with zero attached hydrogens (tertiary/aromatic N) is 2. The molecular weight excluding hydrogens is 448 g/mol. The van der Waals surface area contributed by atoms with Gasteiger partial charge in [-0.3, -0.25) is 9.69 Å². The molecule has 0 radical (unpaired) electrons. The van der Waals surface area contributed by atoms with Gasteiger partial charge in [0.1, 0.15) is 0 Å². The quantitative estimate of drug-likeness (QED) is 0.500. The zero-order chi connectivity index (χ0) is 22.8. The van der Waals surface area contributed by atoms with E-state index in [2.05, 4.69) is 11.8 Å². The highest BCUT2D eigenvalue weighted by Gasteiger charge is 2.33. The third-order valence-corrected chi connectivity index (χ3v) is 5.99. The second-order valence-electron chi connectivity index (χ2n) is 7.81. The van der Waals surface area contributed by atoms with E-state index in [0.717, 1.165) is 18.2 Å². The van der Waals surface area contributed by atoms with Gasteiger partial charge in [-0.15, -0.1) is 0 Å². The minimum Gasteiger partial charge on any atom is -0.334 e. The van der Waals surface area contributed by atoms with E-state index < -0.39 is 11.7 Å². The standard InChI is InChI=1S/C23H23Cl2F3N2O/c1-15-13-30(16(2)12-29(15)14-18-3-7-19(24)8-4-18)22(31)10-6-17-5-9-21(25)20(11-17)23(26,27)28/h3-11,15-16H,12-14H2,1-2H3/t15-,16+/m0/s1. The Morgan fingerprint density at radius 3 is 2.39 bits per heavy atom. The van der Waals surface area contributed by atoms with Crippen LogP contribution in [0.2, 0.25) is 10.0 Å². The lowest BCUT2D eigenvalue weighted by Gasteiger charge is -2.44. The molecule has 2 aromatic rings. The summed E-state index contributed by atoms with van der Waals surface area (Å²) >= 11 is 11.6.